The molecule has 1 aromatic heterocycles. The lowest BCUT2D eigenvalue weighted by Crippen LogP contribution is -2.46. The minimum absolute atomic E-state index is 0.0763. The Bertz CT molecular complexity index is 712. The summed E-state index contributed by atoms with van der Waals surface area (Å²) in [5, 5.41) is 8.18. The summed E-state index contributed by atoms with van der Waals surface area (Å²) in [7, 11) is 0. The van der Waals surface area contributed by atoms with Crippen LogP contribution in [0.25, 0.3) is 0 Å². The molecule has 0 atom stereocenters. The molecular weight excluding hydrogens is 334 g/mol. The normalized spacial score (nSPS) is 14.6. The Kier molecular flexibility index (Phi) is 4.95. The highest BCUT2D eigenvalue weighted by Gasteiger charge is 2.20. The zero-order chi connectivity index (χ0) is 16.2. The standard InChI is InChI=1S/C16H16ClN3O2S/c17-13-10-11(19-15(21)14-2-1-9-23-14)3-4-12(13)16(22)20-7-5-18-6-8-20/h1-4,9-10,18H,5-8H2,(H,19,21). The van der Waals surface area contributed by atoms with Crippen molar-refractivity contribution in [1.82, 2.24) is 10.2 Å². The Morgan fingerprint density at radius 2 is 2.00 bits per heavy atom. The Morgan fingerprint density at radius 1 is 1.22 bits per heavy atom. The average Bonchev–Trinajstić information content (AvgIpc) is 3.10. The van der Waals surface area contributed by atoms with Gasteiger partial charge in [-0.2, -0.15) is 0 Å². The van der Waals surface area contributed by atoms with Crippen molar-refractivity contribution in [3.8, 4) is 0 Å². The van der Waals surface area contributed by atoms with Crippen LogP contribution in [0.15, 0.2) is 35.7 Å². The number of rotatable bonds is 3. The molecule has 3 rings (SSSR count). The third kappa shape index (κ3) is 3.72. The summed E-state index contributed by atoms with van der Waals surface area (Å²) in [5.74, 6) is -0.259. The molecule has 0 saturated carbocycles. The fourth-order valence-corrected chi connectivity index (χ4v) is 3.29. The van der Waals surface area contributed by atoms with Crippen molar-refractivity contribution in [2.75, 3.05) is 31.5 Å². The highest BCUT2D eigenvalue weighted by molar-refractivity contribution is 7.12. The third-order valence-electron chi connectivity index (χ3n) is 3.61. The number of carbonyl (C=O) groups excluding carboxylic acids is 2. The van der Waals surface area contributed by atoms with Gasteiger partial charge in [-0.3, -0.25) is 9.59 Å². The molecule has 0 bridgehead atoms. The first-order valence-corrected chi connectivity index (χ1v) is 8.55. The second kappa shape index (κ2) is 7.12. The molecule has 2 heterocycles. The maximum Gasteiger partial charge on any atom is 0.265 e. The van der Waals surface area contributed by atoms with Crippen molar-refractivity contribution < 1.29 is 9.59 Å². The van der Waals surface area contributed by atoms with E-state index in [2.05, 4.69) is 10.6 Å². The van der Waals surface area contributed by atoms with Gasteiger partial charge in [-0.15, -0.1) is 11.3 Å². The lowest BCUT2D eigenvalue weighted by atomic mass is 10.1. The van der Waals surface area contributed by atoms with E-state index in [1.165, 1.54) is 11.3 Å². The van der Waals surface area contributed by atoms with Crippen LogP contribution >= 0.6 is 22.9 Å². The van der Waals surface area contributed by atoms with Gasteiger partial charge in [0, 0.05) is 31.9 Å². The number of hydrogen-bond acceptors (Lipinski definition) is 4. The SMILES string of the molecule is O=C(Nc1ccc(C(=O)N2CCNCC2)c(Cl)c1)c1cccs1. The van der Waals surface area contributed by atoms with E-state index in [0.29, 0.717) is 34.2 Å². The van der Waals surface area contributed by atoms with Crippen molar-refractivity contribution in [1.29, 1.82) is 0 Å². The van der Waals surface area contributed by atoms with Crippen LogP contribution in [0.5, 0.6) is 0 Å². The molecule has 1 aliphatic heterocycles. The summed E-state index contributed by atoms with van der Waals surface area (Å²) in [6, 6.07) is 8.55. The Balaban J connectivity index is 1.72. The van der Waals surface area contributed by atoms with Gasteiger partial charge in [0.1, 0.15) is 0 Å². The van der Waals surface area contributed by atoms with Crippen LogP contribution < -0.4 is 10.6 Å². The number of carbonyl (C=O) groups is 2. The highest BCUT2D eigenvalue weighted by Crippen LogP contribution is 2.23. The molecule has 1 fully saturated rings. The third-order valence-corrected chi connectivity index (χ3v) is 4.79. The number of nitrogens with one attached hydrogen (secondary N) is 2. The minimum atomic E-state index is -0.183. The monoisotopic (exact) mass is 349 g/mol. The van der Waals surface area contributed by atoms with Gasteiger partial charge in [0.05, 0.1) is 15.5 Å². The number of benzene rings is 1. The van der Waals surface area contributed by atoms with Gasteiger partial charge >= 0.3 is 0 Å². The maximum atomic E-state index is 12.5. The van der Waals surface area contributed by atoms with Crippen molar-refractivity contribution >= 4 is 40.4 Å². The van der Waals surface area contributed by atoms with Crippen LogP contribution in [0.2, 0.25) is 5.02 Å². The molecule has 23 heavy (non-hydrogen) atoms. The van der Waals surface area contributed by atoms with Gasteiger partial charge in [-0.1, -0.05) is 17.7 Å². The van der Waals surface area contributed by atoms with Crippen molar-refractivity contribution in [2.45, 2.75) is 0 Å². The van der Waals surface area contributed by atoms with Gasteiger partial charge in [-0.05, 0) is 29.6 Å². The maximum absolute atomic E-state index is 12.5. The summed E-state index contributed by atoms with van der Waals surface area (Å²) < 4.78 is 0. The molecule has 2 amide bonds. The number of halogens is 1. The second-order valence-electron chi connectivity index (χ2n) is 5.17. The predicted molar refractivity (Wildman–Crippen MR) is 92.5 cm³/mol. The first kappa shape index (κ1) is 16.0. The fraction of sp³-hybridized carbons (Fsp3) is 0.250. The molecule has 2 N–H and O–H groups in total. The van der Waals surface area contributed by atoms with E-state index in [4.69, 9.17) is 11.6 Å². The average molecular weight is 350 g/mol. The van der Waals surface area contributed by atoms with Crippen LogP contribution in [0.3, 0.4) is 0 Å². The molecule has 7 heteroatoms. The predicted octanol–water partition coefficient (Wildman–Crippen LogP) is 2.70. The molecule has 1 aliphatic rings. The van der Waals surface area contributed by atoms with Crippen LogP contribution in [0.1, 0.15) is 20.0 Å². The first-order chi connectivity index (χ1) is 11.1. The zero-order valence-corrected chi connectivity index (χ0v) is 13.9. The molecule has 2 aromatic rings. The van der Waals surface area contributed by atoms with Crippen molar-refractivity contribution in [3.63, 3.8) is 0 Å². The van der Waals surface area contributed by atoms with Crippen LogP contribution in [-0.2, 0) is 0 Å². The quantitative estimate of drug-likeness (QED) is 0.895. The van der Waals surface area contributed by atoms with E-state index in [0.717, 1.165) is 13.1 Å². The summed E-state index contributed by atoms with van der Waals surface area (Å²) in [6.07, 6.45) is 0. The first-order valence-electron chi connectivity index (χ1n) is 7.29. The Labute approximate surface area is 143 Å². The number of thiophene rings is 1. The highest BCUT2D eigenvalue weighted by atomic mass is 35.5. The lowest BCUT2D eigenvalue weighted by Gasteiger charge is -2.27. The Hall–Kier alpha value is -1.89. The van der Waals surface area contributed by atoms with E-state index in [1.54, 1.807) is 29.2 Å². The van der Waals surface area contributed by atoms with Gasteiger partial charge in [0.25, 0.3) is 11.8 Å². The van der Waals surface area contributed by atoms with Crippen LogP contribution in [0.4, 0.5) is 5.69 Å². The number of nitrogens with zero attached hydrogens (tertiary/aromatic N) is 1. The molecule has 0 aliphatic carbocycles. The largest absolute Gasteiger partial charge is 0.336 e. The molecule has 120 valence electrons. The summed E-state index contributed by atoms with van der Waals surface area (Å²) in [4.78, 5) is 26.9. The van der Waals surface area contributed by atoms with E-state index in [-0.39, 0.29) is 11.8 Å². The number of hydrogen-bond donors (Lipinski definition) is 2. The van der Waals surface area contributed by atoms with E-state index in [1.807, 2.05) is 11.4 Å². The van der Waals surface area contributed by atoms with Gasteiger partial charge < -0.3 is 15.5 Å². The summed E-state index contributed by atoms with van der Waals surface area (Å²) in [6.45, 7) is 2.93. The zero-order valence-electron chi connectivity index (χ0n) is 12.3. The van der Waals surface area contributed by atoms with Crippen molar-refractivity contribution in [3.05, 3.63) is 51.2 Å². The van der Waals surface area contributed by atoms with Crippen LogP contribution in [-0.4, -0.2) is 42.9 Å². The van der Waals surface area contributed by atoms with Gasteiger partial charge in [0.15, 0.2) is 0 Å². The smallest absolute Gasteiger partial charge is 0.265 e. The summed E-state index contributed by atoms with van der Waals surface area (Å²) >= 11 is 7.61. The van der Waals surface area contributed by atoms with Gasteiger partial charge in [-0.25, -0.2) is 0 Å². The topological polar surface area (TPSA) is 61.4 Å². The molecule has 1 aromatic carbocycles. The summed E-state index contributed by atoms with van der Waals surface area (Å²) in [5.41, 5.74) is 1.04. The Morgan fingerprint density at radius 3 is 2.65 bits per heavy atom. The number of anilines is 1. The molecule has 0 radical (unpaired) electrons. The molecule has 5 nitrogen and oxygen atoms in total. The van der Waals surface area contributed by atoms with Gasteiger partial charge in [0.2, 0.25) is 0 Å². The minimum Gasteiger partial charge on any atom is -0.336 e. The fourth-order valence-electron chi connectivity index (χ4n) is 2.41. The molecule has 0 unspecified atom stereocenters. The van der Waals surface area contributed by atoms with Crippen LogP contribution in [0, 0.1) is 0 Å². The second-order valence-corrected chi connectivity index (χ2v) is 6.52. The number of piperazine rings is 1. The van der Waals surface area contributed by atoms with E-state index >= 15 is 0 Å². The molecule has 1 saturated heterocycles. The van der Waals surface area contributed by atoms with Crippen molar-refractivity contribution in [2.24, 2.45) is 0 Å². The lowest BCUT2D eigenvalue weighted by molar-refractivity contribution is 0.0736. The number of amides is 2. The van der Waals surface area contributed by atoms with E-state index < -0.39 is 0 Å². The molecular formula is C16H16ClN3O2S. The molecule has 0 spiro atoms. The van der Waals surface area contributed by atoms with E-state index in [9.17, 15) is 9.59 Å².